The van der Waals surface area contributed by atoms with E-state index >= 15 is 0 Å². The van der Waals surface area contributed by atoms with Crippen molar-refractivity contribution < 1.29 is 9.13 Å². The van der Waals surface area contributed by atoms with Crippen molar-refractivity contribution in [3.63, 3.8) is 0 Å². The van der Waals surface area contributed by atoms with E-state index in [1.54, 1.807) is 0 Å². The third-order valence-electron chi connectivity index (χ3n) is 1.38. The lowest BCUT2D eigenvalue weighted by Crippen LogP contribution is -2.09. The molecule has 0 aliphatic heterocycles. The first-order chi connectivity index (χ1) is 4.81. The van der Waals surface area contributed by atoms with Gasteiger partial charge in [0.15, 0.2) is 0 Å². The van der Waals surface area contributed by atoms with Gasteiger partial charge >= 0.3 is 0 Å². The third kappa shape index (κ3) is 6.02. The van der Waals surface area contributed by atoms with E-state index in [0.717, 1.165) is 12.8 Å². The zero-order valence-corrected chi connectivity index (χ0v) is 6.90. The lowest BCUT2D eigenvalue weighted by atomic mass is 10.3. The van der Waals surface area contributed by atoms with Crippen LogP contribution in [0.1, 0.15) is 33.1 Å². The molecule has 0 aromatic rings. The molecular formula is C8H17FO. The second-order valence-electron chi connectivity index (χ2n) is 2.43. The number of halogens is 1. The molecule has 0 aromatic carbocycles. The normalized spacial score (nSPS) is 13.5. The highest BCUT2D eigenvalue weighted by Gasteiger charge is 2.00. The zero-order chi connectivity index (χ0) is 7.82. The minimum atomic E-state index is -0.767. The first kappa shape index (κ1) is 9.89. The summed E-state index contributed by atoms with van der Waals surface area (Å²) in [6, 6.07) is 0. The molecule has 1 unspecified atom stereocenters. The molecule has 0 bridgehead atoms. The van der Waals surface area contributed by atoms with Crippen LogP contribution in [0.2, 0.25) is 0 Å². The van der Waals surface area contributed by atoms with Crippen molar-refractivity contribution in [3.8, 4) is 0 Å². The molecule has 2 heteroatoms. The van der Waals surface area contributed by atoms with Crippen molar-refractivity contribution >= 4 is 0 Å². The molecule has 0 spiro atoms. The fourth-order valence-corrected chi connectivity index (χ4v) is 0.575. The standard InChI is InChI=1S/C8H17FO/c1-3-5-6-10-7-8(9)4-2/h8H,3-7H2,1-2H3. The molecule has 0 rings (SSSR count). The van der Waals surface area contributed by atoms with Gasteiger partial charge in [-0.25, -0.2) is 4.39 Å². The zero-order valence-electron chi connectivity index (χ0n) is 6.90. The predicted molar refractivity (Wildman–Crippen MR) is 40.9 cm³/mol. The van der Waals surface area contributed by atoms with Crippen LogP contribution in [0, 0.1) is 0 Å². The molecule has 0 aliphatic carbocycles. The van der Waals surface area contributed by atoms with E-state index in [2.05, 4.69) is 6.92 Å². The molecule has 0 radical (unpaired) electrons. The van der Waals surface area contributed by atoms with E-state index in [0.29, 0.717) is 13.0 Å². The van der Waals surface area contributed by atoms with Gasteiger partial charge in [0.25, 0.3) is 0 Å². The van der Waals surface area contributed by atoms with Crippen molar-refractivity contribution in [2.24, 2.45) is 0 Å². The van der Waals surface area contributed by atoms with Crippen molar-refractivity contribution in [2.75, 3.05) is 13.2 Å². The molecule has 1 nitrogen and oxygen atoms in total. The number of rotatable bonds is 6. The Morgan fingerprint density at radius 3 is 2.60 bits per heavy atom. The van der Waals surface area contributed by atoms with E-state index in [1.807, 2.05) is 6.92 Å². The van der Waals surface area contributed by atoms with Gasteiger partial charge in [-0.3, -0.25) is 0 Å². The van der Waals surface area contributed by atoms with Crippen LogP contribution in [0.5, 0.6) is 0 Å². The molecule has 0 saturated heterocycles. The Kier molecular flexibility index (Phi) is 6.93. The van der Waals surface area contributed by atoms with Gasteiger partial charge in [-0.2, -0.15) is 0 Å². The van der Waals surface area contributed by atoms with Gasteiger partial charge in [-0.1, -0.05) is 20.3 Å². The van der Waals surface area contributed by atoms with Gasteiger partial charge in [0.1, 0.15) is 6.17 Å². The first-order valence-electron chi connectivity index (χ1n) is 4.03. The van der Waals surface area contributed by atoms with Crippen molar-refractivity contribution in [3.05, 3.63) is 0 Å². The summed E-state index contributed by atoms with van der Waals surface area (Å²) in [5.41, 5.74) is 0. The van der Waals surface area contributed by atoms with Gasteiger partial charge in [-0.15, -0.1) is 0 Å². The van der Waals surface area contributed by atoms with Crippen LogP contribution in [0.15, 0.2) is 0 Å². The van der Waals surface area contributed by atoms with Crippen LogP contribution in [0.3, 0.4) is 0 Å². The summed E-state index contributed by atoms with van der Waals surface area (Å²) in [6.45, 7) is 4.90. The molecular weight excluding hydrogens is 131 g/mol. The van der Waals surface area contributed by atoms with Gasteiger partial charge in [0.05, 0.1) is 6.61 Å². The molecule has 0 heterocycles. The summed E-state index contributed by atoms with van der Waals surface area (Å²) < 4.78 is 17.5. The van der Waals surface area contributed by atoms with Crippen LogP contribution in [-0.2, 0) is 4.74 Å². The first-order valence-corrected chi connectivity index (χ1v) is 4.03. The Morgan fingerprint density at radius 1 is 1.40 bits per heavy atom. The van der Waals surface area contributed by atoms with Crippen molar-refractivity contribution in [1.29, 1.82) is 0 Å². The summed E-state index contributed by atoms with van der Waals surface area (Å²) in [7, 11) is 0. The number of alkyl halides is 1. The predicted octanol–water partition coefficient (Wildman–Crippen LogP) is 2.55. The van der Waals surface area contributed by atoms with E-state index in [9.17, 15) is 4.39 Å². The van der Waals surface area contributed by atoms with Gasteiger partial charge in [0.2, 0.25) is 0 Å². The minimum absolute atomic E-state index is 0.274. The van der Waals surface area contributed by atoms with Crippen molar-refractivity contribution in [1.82, 2.24) is 0 Å². The second kappa shape index (κ2) is 7.00. The highest BCUT2D eigenvalue weighted by Crippen LogP contribution is 1.97. The Balaban J connectivity index is 2.89. The average Bonchev–Trinajstić information content (AvgIpc) is 1.98. The third-order valence-corrected chi connectivity index (χ3v) is 1.38. The Bertz CT molecular complexity index is 66.3. The highest BCUT2D eigenvalue weighted by atomic mass is 19.1. The maximum absolute atomic E-state index is 12.4. The van der Waals surface area contributed by atoms with Crippen LogP contribution < -0.4 is 0 Å². The Morgan fingerprint density at radius 2 is 2.10 bits per heavy atom. The van der Waals surface area contributed by atoms with Gasteiger partial charge < -0.3 is 4.74 Å². The smallest absolute Gasteiger partial charge is 0.123 e. The van der Waals surface area contributed by atoms with Crippen LogP contribution in [-0.4, -0.2) is 19.4 Å². The number of ether oxygens (including phenoxy) is 1. The SMILES string of the molecule is CCCCOCC(F)CC. The average molecular weight is 148 g/mol. The lowest BCUT2D eigenvalue weighted by molar-refractivity contribution is 0.0773. The van der Waals surface area contributed by atoms with Gasteiger partial charge in [0, 0.05) is 6.61 Å². The monoisotopic (exact) mass is 148 g/mol. The van der Waals surface area contributed by atoms with Crippen molar-refractivity contribution in [2.45, 2.75) is 39.3 Å². The molecule has 0 fully saturated rings. The molecule has 0 aliphatic rings. The number of hydrogen-bond donors (Lipinski definition) is 0. The molecule has 0 amide bonds. The largest absolute Gasteiger partial charge is 0.378 e. The lowest BCUT2D eigenvalue weighted by Gasteiger charge is -2.05. The summed E-state index contributed by atoms with van der Waals surface area (Å²) in [4.78, 5) is 0. The fourth-order valence-electron chi connectivity index (χ4n) is 0.575. The molecule has 0 N–H and O–H groups in total. The maximum atomic E-state index is 12.4. The summed E-state index contributed by atoms with van der Waals surface area (Å²) in [5.74, 6) is 0. The maximum Gasteiger partial charge on any atom is 0.123 e. The molecule has 0 saturated carbocycles. The molecule has 0 aromatic heterocycles. The van der Waals surface area contributed by atoms with Crippen LogP contribution in [0.4, 0.5) is 4.39 Å². The Hall–Kier alpha value is -0.110. The van der Waals surface area contributed by atoms with E-state index < -0.39 is 6.17 Å². The fraction of sp³-hybridized carbons (Fsp3) is 1.00. The van der Waals surface area contributed by atoms with E-state index in [4.69, 9.17) is 4.74 Å². The van der Waals surface area contributed by atoms with Gasteiger partial charge in [-0.05, 0) is 12.8 Å². The Labute approximate surface area is 62.6 Å². The molecule has 1 atom stereocenters. The van der Waals surface area contributed by atoms with E-state index in [1.165, 1.54) is 0 Å². The van der Waals surface area contributed by atoms with E-state index in [-0.39, 0.29) is 6.61 Å². The highest BCUT2D eigenvalue weighted by molar-refractivity contribution is 4.48. The molecule has 62 valence electrons. The minimum Gasteiger partial charge on any atom is -0.378 e. The number of hydrogen-bond acceptors (Lipinski definition) is 1. The topological polar surface area (TPSA) is 9.23 Å². The quantitative estimate of drug-likeness (QED) is 0.526. The number of unbranched alkanes of at least 4 members (excludes halogenated alkanes) is 1. The summed E-state index contributed by atoms with van der Waals surface area (Å²) in [6.07, 6.45) is 1.95. The van der Waals surface area contributed by atoms with Crippen LogP contribution in [0.25, 0.3) is 0 Å². The molecule has 10 heavy (non-hydrogen) atoms. The summed E-state index contributed by atoms with van der Waals surface area (Å²) in [5, 5.41) is 0. The second-order valence-corrected chi connectivity index (χ2v) is 2.43. The van der Waals surface area contributed by atoms with Crippen LogP contribution >= 0.6 is 0 Å². The summed E-state index contributed by atoms with van der Waals surface area (Å²) >= 11 is 0.